The van der Waals surface area contributed by atoms with E-state index in [9.17, 15) is 13.6 Å². The van der Waals surface area contributed by atoms with Crippen molar-refractivity contribution < 1.29 is 23.0 Å². The van der Waals surface area contributed by atoms with Crippen LogP contribution in [-0.2, 0) is 4.74 Å². The number of nitrogens with zero attached hydrogens (tertiary/aromatic N) is 5. The van der Waals surface area contributed by atoms with Gasteiger partial charge in [0.15, 0.2) is 0 Å². The van der Waals surface area contributed by atoms with Gasteiger partial charge in [-0.05, 0) is 69.4 Å². The average molecular weight is 567 g/mol. The van der Waals surface area contributed by atoms with Crippen molar-refractivity contribution in [1.82, 2.24) is 19.9 Å². The van der Waals surface area contributed by atoms with Crippen LogP contribution >= 0.6 is 0 Å². The number of hydrogen-bond donors (Lipinski definition) is 1. The molecule has 0 saturated carbocycles. The minimum atomic E-state index is -0.488. The highest BCUT2D eigenvalue weighted by Crippen LogP contribution is 2.31. The van der Waals surface area contributed by atoms with Crippen molar-refractivity contribution >= 4 is 12.0 Å². The van der Waals surface area contributed by atoms with E-state index in [4.69, 9.17) is 15.2 Å². The number of likely N-dealkylation sites (tertiary alicyclic amines) is 1. The molecule has 2 aliphatic rings. The lowest BCUT2D eigenvalue weighted by molar-refractivity contribution is 0.0486. The Balaban J connectivity index is 1.15. The van der Waals surface area contributed by atoms with Crippen molar-refractivity contribution in [1.29, 1.82) is 0 Å². The Morgan fingerprint density at radius 1 is 0.976 bits per heavy atom. The van der Waals surface area contributed by atoms with E-state index in [1.807, 2.05) is 37.8 Å². The number of carbonyl (C=O) groups excluding carboxylic acids is 1. The molecule has 0 bridgehead atoms. The zero-order valence-electron chi connectivity index (χ0n) is 23.5. The van der Waals surface area contributed by atoms with Crippen molar-refractivity contribution in [2.75, 3.05) is 31.1 Å². The Bertz CT molecular complexity index is 1330. The van der Waals surface area contributed by atoms with Crippen LogP contribution in [0.4, 0.5) is 19.5 Å². The number of anilines is 1. The van der Waals surface area contributed by atoms with Crippen LogP contribution in [0.25, 0.3) is 11.1 Å². The first kappa shape index (κ1) is 28.7. The predicted octanol–water partition coefficient (Wildman–Crippen LogP) is 4.77. The van der Waals surface area contributed by atoms with Gasteiger partial charge >= 0.3 is 6.09 Å². The number of halogens is 2. The van der Waals surface area contributed by atoms with Gasteiger partial charge < -0.3 is 25.0 Å². The predicted molar refractivity (Wildman–Crippen MR) is 151 cm³/mol. The van der Waals surface area contributed by atoms with Crippen LogP contribution in [0, 0.1) is 17.6 Å². The molecule has 2 aromatic heterocycles. The number of ether oxygens (including phenoxy) is 2. The van der Waals surface area contributed by atoms with E-state index >= 15 is 0 Å². The number of nitrogens with two attached hydrogens (primary N) is 1. The van der Waals surface area contributed by atoms with Gasteiger partial charge in [0.25, 0.3) is 0 Å². The molecule has 2 fully saturated rings. The fourth-order valence-corrected chi connectivity index (χ4v) is 5.49. The number of pyridine rings is 1. The molecule has 5 rings (SSSR count). The summed E-state index contributed by atoms with van der Waals surface area (Å²) in [4.78, 5) is 29.3. The van der Waals surface area contributed by atoms with Gasteiger partial charge in [-0.1, -0.05) is 0 Å². The largest absolute Gasteiger partial charge is 0.474 e. The normalized spacial score (nSPS) is 20.4. The van der Waals surface area contributed by atoms with E-state index in [-0.39, 0.29) is 35.8 Å². The molecular weight excluding hydrogens is 530 g/mol. The maximum Gasteiger partial charge on any atom is 0.410 e. The zero-order valence-corrected chi connectivity index (χ0v) is 23.5. The zero-order chi connectivity index (χ0) is 29.1. The second kappa shape index (κ2) is 12.3. The maximum atomic E-state index is 14.3. The number of rotatable bonds is 7. The molecule has 2 saturated heterocycles. The summed E-state index contributed by atoms with van der Waals surface area (Å²) in [5.74, 6) is 0.0146. The van der Waals surface area contributed by atoms with Crippen molar-refractivity contribution in [3.63, 3.8) is 0 Å². The highest BCUT2D eigenvalue weighted by Gasteiger charge is 2.34. The molecule has 0 aliphatic carbocycles. The summed E-state index contributed by atoms with van der Waals surface area (Å²) >= 11 is 0. The van der Waals surface area contributed by atoms with Gasteiger partial charge in [-0.2, -0.15) is 0 Å². The molecule has 2 N–H and O–H groups in total. The first-order valence-electron chi connectivity index (χ1n) is 14.0. The van der Waals surface area contributed by atoms with Gasteiger partial charge in [0.1, 0.15) is 17.7 Å². The van der Waals surface area contributed by atoms with Gasteiger partial charge in [-0.25, -0.2) is 28.5 Å². The highest BCUT2D eigenvalue weighted by atomic mass is 19.1. The Hall–Kier alpha value is -3.86. The van der Waals surface area contributed by atoms with Gasteiger partial charge in [0, 0.05) is 73.9 Å². The van der Waals surface area contributed by atoms with Crippen molar-refractivity contribution in [3.05, 3.63) is 66.1 Å². The molecule has 3 atom stereocenters. The van der Waals surface area contributed by atoms with Crippen LogP contribution in [0.15, 0.2) is 48.9 Å². The molecule has 1 aromatic carbocycles. The second-order valence-corrected chi connectivity index (χ2v) is 11.1. The van der Waals surface area contributed by atoms with Crippen molar-refractivity contribution in [3.8, 4) is 17.0 Å². The van der Waals surface area contributed by atoms with E-state index in [2.05, 4.69) is 15.0 Å². The van der Waals surface area contributed by atoms with E-state index in [1.54, 1.807) is 23.5 Å². The summed E-state index contributed by atoms with van der Waals surface area (Å²) in [6, 6.07) is 6.81. The highest BCUT2D eigenvalue weighted by molar-refractivity contribution is 5.67. The van der Waals surface area contributed by atoms with Gasteiger partial charge in [0.05, 0.1) is 6.10 Å². The summed E-state index contributed by atoms with van der Waals surface area (Å²) in [6.45, 7) is 7.87. The molecule has 3 aromatic rings. The Morgan fingerprint density at radius 2 is 1.68 bits per heavy atom. The van der Waals surface area contributed by atoms with Gasteiger partial charge in [-0.3, -0.25) is 0 Å². The average Bonchev–Trinajstić information content (AvgIpc) is 3.35. The smallest absolute Gasteiger partial charge is 0.410 e. The van der Waals surface area contributed by atoms with Crippen LogP contribution in [-0.4, -0.2) is 70.4 Å². The van der Waals surface area contributed by atoms with E-state index in [0.717, 1.165) is 36.1 Å². The third-order valence-corrected chi connectivity index (χ3v) is 7.82. The number of benzene rings is 1. The fraction of sp³-hybridized carbons (Fsp3) is 0.467. The van der Waals surface area contributed by atoms with Crippen LogP contribution in [0.5, 0.6) is 5.88 Å². The Labute approximate surface area is 238 Å². The molecule has 0 spiro atoms. The minimum absolute atomic E-state index is 0.0456. The third kappa shape index (κ3) is 6.73. The topological polar surface area (TPSA) is 107 Å². The number of amides is 1. The molecule has 3 unspecified atom stereocenters. The minimum Gasteiger partial charge on any atom is -0.474 e. The molecule has 11 heteroatoms. The first-order valence-corrected chi connectivity index (χ1v) is 14.0. The first-order chi connectivity index (χ1) is 19.7. The second-order valence-electron chi connectivity index (χ2n) is 11.1. The van der Waals surface area contributed by atoms with Crippen molar-refractivity contribution in [2.24, 2.45) is 11.7 Å². The van der Waals surface area contributed by atoms with E-state index in [0.29, 0.717) is 43.9 Å². The van der Waals surface area contributed by atoms with Gasteiger partial charge in [-0.15, -0.1) is 0 Å². The Kier molecular flexibility index (Phi) is 8.63. The van der Waals surface area contributed by atoms with Gasteiger partial charge in [0.2, 0.25) is 11.8 Å². The molecule has 1 amide bonds. The molecule has 218 valence electrons. The quantitative estimate of drug-likeness (QED) is 0.436. The Morgan fingerprint density at radius 3 is 2.34 bits per heavy atom. The van der Waals surface area contributed by atoms with Crippen LogP contribution in [0.1, 0.15) is 45.1 Å². The maximum absolute atomic E-state index is 14.3. The van der Waals surface area contributed by atoms with Crippen LogP contribution < -0.4 is 15.4 Å². The number of carbonyl (C=O) groups is 1. The molecule has 9 nitrogen and oxygen atoms in total. The van der Waals surface area contributed by atoms with Crippen molar-refractivity contribution in [2.45, 2.75) is 57.8 Å². The lowest BCUT2D eigenvalue weighted by Crippen LogP contribution is -2.42. The van der Waals surface area contributed by atoms with E-state index < -0.39 is 11.6 Å². The molecule has 41 heavy (non-hydrogen) atoms. The monoisotopic (exact) mass is 566 g/mol. The number of piperidine rings is 1. The molecule has 0 radical (unpaired) electrons. The number of aromatic nitrogens is 3. The van der Waals surface area contributed by atoms with Crippen LogP contribution in [0.3, 0.4) is 0 Å². The standard InChI is InChI=1S/C30H36F2N6O3/c1-18(2)40-30(39)37-10-8-20(9-11-37)19(3)41-28-7-4-21(13-34-28)22-14-35-29(36-15-22)38-16-25(27(33)17-38)24-12-23(31)5-6-26(24)32/h4-7,12-15,18-20,25,27H,8-11,16-17,33H2,1-3H3. The summed E-state index contributed by atoms with van der Waals surface area (Å²) in [5.41, 5.74) is 8.18. The van der Waals surface area contributed by atoms with Crippen LogP contribution in [0.2, 0.25) is 0 Å². The lowest BCUT2D eigenvalue weighted by atomic mass is 9.92. The molecular formula is C30H36F2N6O3. The fourth-order valence-electron chi connectivity index (χ4n) is 5.49. The third-order valence-electron chi connectivity index (χ3n) is 7.82. The lowest BCUT2D eigenvalue weighted by Gasteiger charge is -2.34. The molecule has 2 aliphatic heterocycles. The van der Waals surface area contributed by atoms with E-state index in [1.165, 1.54) is 6.07 Å². The molecule has 4 heterocycles. The summed E-state index contributed by atoms with van der Waals surface area (Å²) < 4.78 is 39.5. The summed E-state index contributed by atoms with van der Waals surface area (Å²) in [6.07, 6.45) is 6.40. The number of hydrogen-bond acceptors (Lipinski definition) is 8. The SMILES string of the molecule is CC(C)OC(=O)N1CCC(C(C)Oc2ccc(-c3cnc(N4CC(N)C(c5cc(F)ccc5F)C4)nc3)cn2)CC1. The summed E-state index contributed by atoms with van der Waals surface area (Å²) in [5, 5.41) is 0. The summed E-state index contributed by atoms with van der Waals surface area (Å²) in [7, 11) is 0.